The van der Waals surface area contributed by atoms with Gasteiger partial charge in [-0.05, 0) is 37.8 Å². The number of piperidine rings is 1. The fourth-order valence-corrected chi connectivity index (χ4v) is 2.68. The Kier molecular flexibility index (Phi) is 4.90. The third-order valence-corrected chi connectivity index (χ3v) is 3.81. The van der Waals surface area contributed by atoms with Crippen molar-refractivity contribution in [3.63, 3.8) is 0 Å². The molecule has 1 heterocycles. The molecular formula is C15H21N3O3. The molecular weight excluding hydrogens is 270 g/mol. The third kappa shape index (κ3) is 4.26. The number of anilines is 1. The molecule has 1 atom stereocenters. The summed E-state index contributed by atoms with van der Waals surface area (Å²) in [6.45, 7) is 6.22. The molecule has 1 aromatic rings. The Labute approximate surface area is 124 Å². The van der Waals surface area contributed by atoms with Crippen molar-refractivity contribution in [3.8, 4) is 0 Å². The van der Waals surface area contributed by atoms with Crippen molar-refractivity contribution >= 4 is 17.3 Å². The number of aryl methyl sites for hydroxylation is 1. The van der Waals surface area contributed by atoms with E-state index in [1.54, 1.807) is 6.07 Å². The average Bonchev–Trinajstić information content (AvgIpc) is 2.41. The minimum atomic E-state index is -0.457. The first kappa shape index (κ1) is 15.4. The lowest BCUT2D eigenvalue weighted by atomic mass is 10.0. The molecule has 1 fully saturated rings. The molecule has 6 nitrogen and oxygen atoms in total. The van der Waals surface area contributed by atoms with Crippen molar-refractivity contribution in [2.24, 2.45) is 5.92 Å². The van der Waals surface area contributed by atoms with Crippen LogP contribution in [0, 0.1) is 23.0 Å². The van der Waals surface area contributed by atoms with Crippen molar-refractivity contribution in [3.05, 3.63) is 33.9 Å². The van der Waals surface area contributed by atoms with Crippen LogP contribution < -0.4 is 5.32 Å². The Hall–Kier alpha value is -1.95. The zero-order chi connectivity index (χ0) is 15.4. The summed E-state index contributed by atoms with van der Waals surface area (Å²) >= 11 is 0. The van der Waals surface area contributed by atoms with Crippen LogP contribution in [0.15, 0.2) is 18.2 Å². The highest BCUT2D eigenvalue weighted by atomic mass is 16.6. The highest BCUT2D eigenvalue weighted by Crippen LogP contribution is 2.22. The van der Waals surface area contributed by atoms with E-state index in [0.29, 0.717) is 18.2 Å². The molecule has 0 spiro atoms. The maximum absolute atomic E-state index is 12.1. The SMILES string of the molecule is Cc1ccc([N+](=O)[O-])cc1NC(=O)CN1CCCC(C)C1. The number of amides is 1. The predicted molar refractivity (Wildman–Crippen MR) is 81.3 cm³/mol. The van der Waals surface area contributed by atoms with Gasteiger partial charge in [0.05, 0.1) is 17.2 Å². The van der Waals surface area contributed by atoms with Gasteiger partial charge in [0.2, 0.25) is 5.91 Å². The smallest absolute Gasteiger partial charge is 0.271 e. The van der Waals surface area contributed by atoms with Crippen LogP contribution in [-0.2, 0) is 4.79 Å². The summed E-state index contributed by atoms with van der Waals surface area (Å²) in [7, 11) is 0. The molecule has 1 unspecified atom stereocenters. The van der Waals surface area contributed by atoms with Crippen LogP contribution in [0.2, 0.25) is 0 Å². The van der Waals surface area contributed by atoms with Crippen LogP contribution in [0.25, 0.3) is 0 Å². The van der Waals surface area contributed by atoms with Crippen molar-refractivity contribution < 1.29 is 9.72 Å². The van der Waals surface area contributed by atoms with Crippen LogP contribution in [0.3, 0.4) is 0 Å². The van der Waals surface area contributed by atoms with E-state index < -0.39 is 4.92 Å². The lowest BCUT2D eigenvalue weighted by Gasteiger charge is -2.30. The molecule has 1 saturated heterocycles. The molecule has 1 amide bonds. The Balaban J connectivity index is 1.99. The van der Waals surface area contributed by atoms with Gasteiger partial charge >= 0.3 is 0 Å². The minimum absolute atomic E-state index is 0.0116. The molecule has 21 heavy (non-hydrogen) atoms. The van der Waals surface area contributed by atoms with Gasteiger partial charge in [-0.2, -0.15) is 0 Å². The second-order valence-electron chi connectivity index (χ2n) is 5.79. The molecule has 0 aliphatic carbocycles. The summed E-state index contributed by atoms with van der Waals surface area (Å²) < 4.78 is 0. The molecule has 0 bridgehead atoms. The Morgan fingerprint density at radius 1 is 1.52 bits per heavy atom. The van der Waals surface area contributed by atoms with Gasteiger partial charge < -0.3 is 5.32 Å². The van der Waals surface area contributed by atoms with Gasteiger partial charge in [-0.15, -0.1) is 0 Å². The molecule has 114 valence electrons. The van der Waals surface area contributed by atoms with Crippen LogP contribution in [0.1, 0.15) is 25.3 Å². The van der Waals surface area contributed by atoms with Gasteiger partial charge in [0.1, 0.15) is 0 Å². The lowest BCUT2D eigenvalue weighted by Crippen LogP contribution is -2.39. The fraction of sp³-hybridized carbons (Fsp3) is 0.533. The number of nitrogens with zero attached hydrogens (tertiary/aromatic N) is 2. The summed E-state index contributed by atoms with van der Waals surface area (Å²) in [6, 6.07) is 4.50. The van der Waals surface area contributed by atoms with Crippen molar-refractivity contribution in [1.29, 1.82) is 0 Å². The maximum atomic E-state index is 12.1. The second kappa shape index (κ2) is 6.67. The highest BCUT2D eigenvalue weighted by molar-refractivity contribution is 5.93. The van der Waals surface area contributed by atoms with Crippen molar-refractivity contribution in [1.82, 2.24) is 4.90 Å². The number of nitro groups is 1. The summed E-state index contributed by atoms with van der Waals surface area (Å²) in [5, 5.41) is 13.6. The van der Waals surface area contributed by atoms with Gasteiger partial charge in [-0.1, -0.05) is 13.0 Å². The largest absolute Gasteiger partial charge is 0.324 e. The van der Waals surface area contributed by atoms with Gasteiger partial charge in [0.25, 0.3) is 5.69 Å². The Bertz CT molecular complexity index is 545. The van der Waals surface area contributed by atoms with E-state index in [2.05, 4.69) is 17.1 Å². The van der Waals surface area contributed by atoms with E-state index >= 15 is 0 Å². The summed E-state index contributed by atoms with van der Waals surface area (Å²) in [6.07, 6.45) is 2.33. The van der Waals surface area contributed by atoms with Gasteiger partial charge in [-0.25, -0.2) is 0 Å². The first-order valence-electron chi connectivity index (χ1n) is 7.23. The molecule has 1 N–H and O–H groups in total. The topological polar surface area (TPSA) is 75.5 Å². The number of nitro benzene ring substituents is 1. The monoisotopic (exact) mass is 291 g/mol. The Morgan fingerprint density at radius 2 is 2.29 bits per heavy atom. The summed E-state index contributed by atoms with van der Waals surface area (Å²) in [4.78, 5) is 24.6. The molecule has 0 aromatic heterocycles. The molecule has 2 rings (SSSR count). The van der Waals surface area contributed by atoms with E-state index in [0.717, 1.165) is 25.1 Å². The van der Waals surface area contributed by atoms with Gasteiger partial charge in [-0.3, -0.25) is 19.8 Å². The minimum Gasteiger partial charge on any atom is -0.324 e. The molecule has 0 radical (unpaired) electrons. The number of carbonyl (C=O) groups excluding carboxylic acids is 1. The highest BCUT2D eigenvalue weighted by Gasteiger charge is 2.19. The zero-order valence-corrected chi connectivity index (χ0v) is 12.5. The van der Waals surface area contributed by atoms with E-state index in [9.17, 15) is 14.9 Å². The van der Waals surface area contributed by atoms with Gasteiger partial charge in [0.15, 0.2) is 0 Å². The molecule has 1 aliphatic rings. The predicted octanol–water partition coefficient (Wildman–Crippen LogP) is 2.57. The number of likely N-dealkylation sites (tertiary alicyclic amines) is 1. The van der Waals surface area contributed by atoms with E-state index in [-0.39, 0.29) is 11.6 Å². The molecule has 1 aliphatic heterocycles. The number of rotatable bonds is 4. The van der Waals surface area contributed by atoms with E-state index in [1.165, 1.54) is 18.6 Å². The number of benzene rings is 1. The fourth-order valence-electron chi connectivity index (χ4n) is 2.68. The molecule has 0 saturated carbocycles. The van der Waals surface area contributed by atoms with E-state index in [4.69, 9.17) is 0 Å². The number of nitrogens with one attached hydrogen (secondary N) is 1. The van der Waals surface area contributed by atoms with Crippen LogP contribution in [0.4, 0.5) is 11.4 Å². The standard InChI is InChI=1S/C15H21N3O3/c1-11-4-3-7-17(9-11)10-15(19)16-14-8-13(18(20)21)6-5-12(14)2/h5-6,8,11H,3-4,7,9-10H2,1-2H3,(H,16,19). The third-order valence-electron chi connectivity index (χ3n) is 3.81. The van der Waals surface area contributed by atoms with Crippen LogP contribution in [-0.4, -0.2) is 35.4 Å². The molecule has 6 heteroatoms. The lowest BCUT2D eigenvalue weighted by molar-refractivity contribution is -0.384. The summed E-state index contributed by atoms with van der Waals surface area (Å²) in [5.74, 6) is 0.499. The second-order valence-corrected chi connectivity index (χ2v) is 5.79. The number of hydrogen-bond acceptors (Lipinski definition) is 4. The maximum Gasteiger partial charge on any atom is 0.271 e. The average molecular weight is 291 g/mol. The quantitative estimate of drug-likeness (QED) is 0.683. The van der Waals surface area contributed by atoms with Crippen molar-refractivity contribution in [2.75, 3.05) is 25.0 Å². The number of hydrogen-bond donors (Lipinski definition) is 1. The molecule has 1 aromatic carbocycles. The Morgan fingerprint density at radius 3 is 2.95 bits per heavy atom. The van der Waals surface area contributed by atoms with Crippen LogP contribution >= 0.6 is 0 Å². The van der Waals surface area contributed by atoms with E-state index in [1.807, 2.05) is 6.92 Å². The summed E-state index contributed by atoms with van der Waals surface area (Å²) in [5.41, 5.74) is 1.32. The first-order chi connectivity index (χ1) is 9.95. The van der Waals surface area contributed by atoms with Gasteiger partial charge in [0, 0.05) is 18.7 Å². The van der Waals surface area contributed by atoms with Crippen molar-refractivity contribution in [2.45, 2.75) is 26.7 Å². The number of carbonyl (C=O) groups is 1. The first-order valence-corrected chi connectivity index (χ1v) is 7.23. The van der Waals surface area contributed by atoms with Crippen LogP contribution in [0.5, 0.6) is 0 Å². The zero-order valence-electron chi connectivity index (χ0n) is 12.5. The normalized spacial score (nSPS) is 19.2. The number of non-ortho nitro benzene ring substituents is 1.